The number of hydrogen-bond donors (Lipinski definition) is 1. The van der Waals surface area contributed by atoms with E-state index in [4.69, 9.17) is 5.14 Å². The van der Waals surface area contributed by atoms with Crippen molar-refractivity contribution in [3.63, 3.8) is 0 Å². The molecule has 1 amide bonds. The summed E-state index contributed by atoms with van der Waals surface area (Å²) in [6.45, 7) is 4.63. The third kappa shape index (κ3) is 4.88. The lowest BCUT2D eigenvalue weighted by Crippen LogP contribution is -2.40. The Morgan fingerprint density at radius 2 is 1.94 bits per heavy atom. The number of sulfonamides is 2. The van der Waals surface area contributed by atoms with E-state index in [1.807, 2.05) is 0 Å². The minimum atomic E-state index is -3.86. The average molecular weight is 527 g/mol. The summed E-state index contributed by atoms with van der Waals surface area (Å²) >= 11 is 2.37. The first kappa shape index (κ1) is 24.0. The minimum Gasteiger partial charge on any atom is -0.313 e. The number of amides is 1. The number of allylic oxidation sites excluding steroid dienone is 1. The van der Waals surface area contributed by atoms with Crippen molar-refractivity contribution in [1.29, 1.82) is 0 Å². The molecule has 176 valence electrons. The van der Waals surface area contributed by atoms with Gasteiger partial charge in [0.2, 0.25) is 10.0 Å². The Kier molecular flexibility index (Phi) is 6.71. The summed E-state index contributed by atoms with van der Waals surface area (Å²) in [5.74, 6) is -0.707. The van der Waals surface area contributed by atoms with Crippen molar-refractivity contribution in [3.05, 3.63) is 53.2 Å². The summed E-state index contributed by atoms with van der Waals surface area (Å²) < 4.78 is 52.9. The molecule has 1 fully saturated rings. The number of rotatable bonds is 6. The molecule has 3 aromatic rings. The zero-order valence-corrected chi connectivity index (χ0v) is 20.7. The van der Waals surface area contributed by atoms with Crippen molar-refractivity contribution in [2.24, 2.45) is 16.0 Å². The van der Waals surface area contributed by atoms with Gasteiger partial charge in [0.1, 0.15) is 4.21 Å². The Morgan fingerprint density at radius 3 is 2.55 bits per heavy atom. The highest BCUT2D eigenvalue weighted by molar-refractivity contribution is 7.91. The highest BCUT2D eigenvalue weighted by Crippen LogP contribution is 2.27. The van der Waals surface area contributed by atoms with Crippen LogP contribution in [0.15, 0.2) is 62.5 Å². The summed E-state index contributed by atoms with van der Waals surface area (Å²) in [7, 11) is -7.39. The van der Waals surface area contributed by atoms with Crippen molar-refractivity contribution < 1.29 is 21.6 Å². The highest BCUT2D eigenvalue weighted by atomic mass is 32.2. The molecule has 0 atom stereocenters. The fourth-order valence-corrected chi connectivity index (χ4v) is 8.00. The minimum absolute atomic E-state index is 0.0146. The molecule has 33 heavy (non-hydrogen) atoms. The Balaban J connectivity index is 1.59. The van der Waals surface area contributed by atoms with Gasteiger partial charge < -0.3 is 4.57 Å². The molecule has 1 aromatic carbocycles. The normalized spacial score (nSPS) is 16.9. The van der Waals surface area contributed by atoms with Gasteiger partial charge in [0.25, 0.3) is 15.9 Å². The number of thiophene rings is 1. The molecule has 9 nitrogen and oxygen atoms in total. The molecule has 0 saturated carbocycles. The molecular formula is C20H22N4O5S4. The lowest BCUT2D eigenvalue weighted by molar-refractivity contribution is -0.122. The lowest BCUT2D eigenvalue weighted by Gasteiger charge is -2.29. The van der Waals surface area contributed by atoms with Crippen LogP contribution >= 0.6 is 22.7 Å². The number of carbonyl (C=O) groups excluding carboxylic acids is 1. The van der Waals surface area contributed by atoms with Crippen molar-refractivity contribution >= 4 is 58.8 Å². The Bertz CT molecular complexity index is 1480. The standard InChI is InChI=1S/C20H22N4O5S4/c1-2-9-24-16-6-5-15(32(21,26)27)13-17(16)31-20(24)22-19(25)14-7-10-23(11-8-14)33(28,29)18-4-3-12-30-18/h2-6,12-14H,1,7-11H2,(H2,21,26,27). The van der Waals surface area contributed by atoms with Crippen LogP contribution in [0.2, 0.25) is 0 Å². The van der Waals surface area contributed by atoms with E-state index in [2.05, 4.69) is 11.6 Å². The van der Waals surface area contributed by atoms with Crippen LogP contribution in [0.5, 0.6) is 0 Å². The summed E-state index contributed by atoms with van der Waals surface area (Å²) in [6, 6.07) is 7.79. The van der Waals surface area contributed by atoms with Crippen LogP contribution in [0.3, 0.4) is 0 Å². The number of hydrogen-bond acceptors (Lipinski definition) is 7. The van der Waals surface area contributed by atoms with Crippen LogP contribution in [0.25, 0.3) is 10.2 Å². The van der Waals surface area contributed by atoms with E-state index >= 15 is 0 Å². The number of carbonyl (C=O) groups is 1. The van der Waals surface area contributed by atoms with Crippen molar-refractivity contribution in [2.75, 3.05) is 13.1 Å². The predicted octanol–water partition coefficient (Wildman–Crippen LogP) is 2.13. The molecule has 2 N–H and O–H groups in total. The van der Waals surface area contributed by atoms with Gasteiger partial charge in [-0.15, -0.1) is 17.9 Å². The van der Waals surface area contributed by atoms with Gasteiger partial charge in [0.15, 0.2) is 4.80 Å². The molecule has 2 aromatic heterocycles. The molecule has 0 bridgehead atoms. The summed E-state index contributed by atoms with van der Waals surface area (Å²) in [5.41, 5.74) is 0.718. The van der Waals surface area contributed by atoms with Gasteiger partial charge in [-0.3, -0.25) is 4.79 Å². The molecule has 1 aliphatic rings. The van der Waals surface area contributed by atoms with E-state index in [1.165, 1.54) is 39.1 Å². The Hall–Kier alpha value is -2.16. The highest BCUT2D eigenvalue weighted by Gasteiger charge is 2.32. The molecule has 0 aliphatic carbocycles. The summed E-state index contributed by atoms with van der Waals surface area (Å²) in [4.78, 5) is 17.7. The number of primary sulfonamides is 1. The molecular weight excluding hydrogens is 505 g/mol. The molecule has 13 heteroatoms. The smallest absolute Gasteiger partial charge is 0.252 e. The van der Waals surface area contributed by atoms with Crippen LogP contribution in [0.4, 0.5) is 0 Å². The first-order valence-electron chi connectivity index (χ1n) is 10.0. The predicted molar refractivity (Wildman–Crippen MR) is 128 cm³/mol. The fourth-order valence-electron chi connectivity index (χ4n) is 3.69. The third-order valence-corrected chi connectivity index (χ3v) is 10.6. The van der Waals surface area contributed by atoms with Crippen LogP contribution < -0.4 is 9.94 Å². The lowest BCUT2D eigenvalue weighted by atomic mass is 9.98. The summed E-state index contributed by atoms with van der Waals surface area (Å²) in [6.07, 6.45) is 2.43. The van der Waals surface area contributed by atoms with E-state index in [0.717, 1.165) is 5.52 Å². The topological polar surface area (TPSA) is 132 Å². The second-order valence-electron chi connectivity index (χ2n) is 7.52. The number of nitrogens with two attached hydrogens (primary N) is 1. The SMILES string of the molecule is C=CCn1c(=NC(=O)C2CCN(S(=O)(=O)c3cccs3)CC2)sc2cc(S(N)(=O)=O)ccc21. The number of piperidine rings is 1. The fraction of sp³-hybridized carbons (Fsp3) is 0.300. The maximum Gasteiger partial charge on any atom is 0.252 e. The monoisotopic (exact) mass is 526 g/mol. The van der Waals surface area contributed by atoms with Gasteiger partial charge in [-0.05, 0) is 42.5 Å². The largest absolute Gasteiger partial charge is 0.313 e. The maximum atomic E-state index is 12.9. The van der Waals surface area contributed by atoms with Gasteiger partial charge in [-0.2, -0.15) is 9.30 Å². The van der Waals surface area contributed by atoms with Crippen molar-refractivity contribution in [1.82, 2.24) is 8.87 Å². The van der Waals surface area contributed by atoms with Gasteiger partial charge in [0, 0.05) is 25.6 Å². The zero-order chi connectivity index (χ0) is 23.8. The second-order valence-corrected chi connectivity index (χ2v) is 13.2. The Morgan fingerprint density at radius 1 is 1.21 bits per heavy atom. The molecule has 0 spiro atoms. The van der Waals surface area contributed by atoms with Gasteiger partial charge in [-0.1, -0.05) is 23.5 Å². The van der Waals surface area contributed by atoms with E-state index in [9.17, 15) is 21.6 Å². The first-order chi connectivity index (χ1) is 15.6. The molecule has 4 rings (SSSR count). The van der Waals surface area contributed by atoms with E-state index < -0.39 is 20.0 Å². The zero-order valence-electron chi connectivity index (χ0n) is 17.5. The number of benzene rings is 1. The van der Waals surface area contributed by atoms with Crippen LogP contribution in [-0.4, -0.2) is 44.7 Å². The third-order valence-electron chi connectivity index (χ3n) is 5.39. The van der Waals surface area contributed by atoms with E-state index in [-0.39, 0.29) is 29.8 Å². The number of fused-ring (bicyclic) bond motifs is 1. The van der Waals surface area contributed by atoms with Crippen molar-refractivity contribution in [2.45, 2.75) is 28.5 Å². The second kappa shape index (κ2) is 9.24. The van der Waals surface area contributed by atoms with Gasteiger partial charge >= 0.3 is 0 Å². The van der Waals surface area contributed by atoms with Gasteiger partial charge in [-0.25, -0.2) is 22.0 Å². The van der Waals surface area contributed by atoms with Crippen LogP contribution in [-0.2, 0) is 31.4 Å². The molecule has 3 heterocycles. The van der Waals surface area contributed by atoms with Crippen LogP contribution in [0, 0.1) is 5.92 Å². The van der Waals surface area contributed by atoms with Crippen LogP contribution in [0.1, 0.15) is 12.8 Å². The quantitative estimate of drug-likeness (QED) is 0.492. The first-order valence-corrected chi connectivity index (χ1v) is 14.7. The number of nitrogens with zero attached hydrogens (tertiary/aromatic N) is 3. The Labute approximate surface area is 199 Å². The molecule has 0 unspecified atom stereocenters. The maximum absolute atomic E-state index is 12.9. The number of aromatic nitrogens is 1. The molecule has 1 aliphatic heterocycles. The number of thiazole rings is 1. The van der Waals surface area contributed by atoms with E-state index in [1.54, 1.807) is 34.2 Å². The van der Waals surface area contributed by atoms with E-state index in [0.29, 0.717) is 33.1 Å². The van der Waals surface area contributed by atoms with Crippen molar-refractivity contribution in [3.8, 4) is 0 Å². The average Bonchev–Trinajstić information content (AvgIpc) is 3.42. The summed E-state index contributed by atoms with van der Waals surface area (Å²) in [5, 5.41) is 6.95. The van der Waals surface area contributed by atoms with Gasteiger partial charge in [0.05, 0.1) is 15.1 Å². The molecule has 1 saturated heterocycles. The molecule has 0 radical (unpaired) electrons.